The zero-order valence-corrected chi connectivity index (χ0v) is 11.9. The molecule has 0 radical (unpaired) electrons. The summed E-state index contributed by atoms with van der Waals surface area (Å²) in [4.78, 5) is 20.7. The molecule has 0 unspecified atom stereocenters. The molecule has 1 aromatic heterocycles. The number of amides is 1. The highest BCUT2D eigenvalue weighted by molar-refractivity contribution is 5.99. The van der Waals surface area contributed by atoms with Gasteiger partial charge in [-0.1, -0.05) is 0 Å². The molecule has 1 fully saturated rings. The summed E-state index contributed by atoms with van der Waals surface area (Å²) in [6, 6.07) is 3.75. The summed E-state index contributed by atoms with van der Waals surface area (Å²) in [6.07, 6.45) is 3.43. The zero-order chi connectivity index (χ0) is 13.9. The first kappa shape index (κ1) is 14.0. The van der Waals surface area contributed by atoms with Crippen LogP contribution in [0.2, 0.25) is 0 Å². The molecule has 2 rings (SSSR count). The topological polar surface area (TPSA) is 48.5 Å². The van der Waals surface area contributed by atoms with Gasteiger partial charge in [-0.2, -0.15) is 0 Å². The number of anilines is 1. The van der Waals surface area contributed by atoms with Crippen LogP contribution >= 0.6 is 0 Å². The Labute approximate surface area is 114 Å². The lowest BCUT2D eigenvalue weighted by atomic mass is 9.99. The molecule has 0 saturated carbocycles. The number of carbonyl (C=O) groups excluding carboxylic acids is 1. The van der Waals surface area contributed by atoms with Gasteiger partial charge in [0.15, 0.2) is 0 Å². The van der Waals surface area contributed by atoms with E-state index in [-0.39, 0.29) is 5.91 Å². The Morgan fingerprint density at radius 2 is 2.11 bits per heavy atom. The Hall–Kier alpha value is -1.46. The standard InChI is InChI=1S/C14H22N4O/c1-14(2,18-9-7-15-8-10-18)13(19)17(3)12-5-4-6-16-11-12/h4-6,11,15H,7-10H2,1-3H3. The Balaban J connectivity index is 2.13. The number of nitrogens with zero attached hydrogens (tertiary/aromatic N) is 3. The number of aromatic nitrogens is 1. The summed E-state index contributed by atoms with van der Waals surface area (Å²) in [5.74, 6) is 0.0994. The molecule has 104 valence electrons. The van der Waals surface area contributed by atoms with Gasteiger partial charge in [0.05, 0.1) is 17.4 Å². The van der Waals surface area contributed by atoms with Crippen LogP contribution in [0.1, 0.15) is 13.8 Å². The quantitative estimate of drug-likeness (QED) is 0.872. The van der Waals surface area contributed by atoms with Crippen molar-refractivity contribution in [2.45, 2.75) is 19.4 Å². The van der Waals surface area contributed by atoms with Gasteiger partial charge < -0.3 is 10.2 Å². The van der Waals surface area contributed by atoms with E-state index in [9.17, 15) is 4.79 Å². The van der Waals surface area contributed by atoms with Crippen LogP contribution in [0.5, 0.6) is 0 Å². The smallest absolute Gasteiger partial charge is 0.246 e. The average molecular weight is 262 g/mol. The maximum Gasteiger partial charge on any atom is 0.246 e. The van der Waals surface area contributed by atoms with Gasteiger partial charge in [-0.15, -0.1) is 0 Å². The van der Waals surface area contributed by atoms with E-state index in [2.05, 4.69) is 15.2 Å². The molecule has 2 heterocycles. The molecule has 1 aromatic rings. The van der Waals surface area contributed by atoms with Gasteiger partial charge in [-0.3, -0.25) is 14.7 Å². The fraction of sp³-hybridized carbons (Fsp3) is 0.571. The van der Waals surface area contributed by atoms with Gasteiger partial charge in [-0.25, -0.2) is 0 Å². The van der Waals surface area contributed by atoms with Crippen molar-refractivity contribution in [3.8, 4) is 0 Å². The maximum absolute atomic E-state index is 12.7. The minimum absolute atomic E-state index is 0.0994. The summed E-state index contributed by atoms with van der Waals surface area (Å²) < 4.78 is 0. The van der Waals surface area contributed by atoms with E-state index >= 15 is 0 Å². The van der Waals surface area contributed by atoms with Gasteiger partial charge >= 0.3 is 0 Å². The number of rotatable bonds is 3. The Morgan fingerprint density at radius 1 is 1.42 bits per heavy atom. The summed E-state index contributed by atoms with van der Waals surface area (Å²) >= 11 is 0. The Kier molecular flexibility index (Phi) is 4.17. The van der Waals surface area contributed by atoms with Crippen LogP contribution in [0.25, 0.3) is 0 Å². The number of likely N-dealkylation sites (N-methyl/N-ethyl adjacent to an activating group) is 1. The van der Waals surface area contributed by atoms with Crippen molar-refractivity contribution in [3.63, 3.8) is 0 Å². The first-order valence-corrected chi connectivity index (χ1v) is 6.67. The molecule has 0 aliphatic carbocycles. The van der Waals surface area contributed by atoms with E-state index in [1.807, 2.05) is 33.0 Å². The van der Waals surface area contributed by atoms with E-state index in [4.69, 9.17) is 0 Å². The molecule has 5 heteroatoms. The number of piperazine rings is 1. The van der Waals surface area contributed by atoms with Crippen molar-refractivity contribution in [2.24, 2.45) is 0 Å². The lowest BCUT2D eigenvalue weighted by Gasteiger charge is -2.41. The molecular weight excluding hydrogens is 240 g/mol. The summed E-state index contributed by atoms with van der Waals surface area (Å²) in [7, 11) is 1.81. The monoisotopic (exact) mass is 262 g/mol. The zero-order valence-electron chi connectivity index (χ0n) is 11.9. The van der Waals surface area contributed by atoms with Crippen LogP contribution in [0.15, 0.2) is 24.5 Å². The van der Waals surface area contributed by atoms with Crippen molar-refractivity contribution in [1.29, 1.82) is 0 Å². The molecular formula is C14H22N4O. The largest absolute Gasteiger partial charge is 0.314 e. The van der Waals surface area contributed by atoms with Crippen molar-refractivity contribution in [2.75, 3.05) is 38.1 Å². The highest BCUT2D eigenvalue weighted by atomic mass is 16.2. The van der Waals surface area contributed by atoms with E-state index in [1.54, 1.807) is 17.3 Å². The molecule has 1 saturated heterocycles. The van der Waals surface area contributed by atoms with E-state index in [1.165, 1.54) is 0 Å². The van der Waals surface area contributed by atoms with Crippen molar-refractivity contribution >= 4 is 11.6 Å². The lowest BCUT2D eigenvalue weighted by Crippen LogP contribution is -2.60. The predicted octanol–water partition coefficient (Wildman–Crippen LogP) is 0.728. The van der Waals surface area contributed by atoms with E-state index < -0.39 is 5.54 Å². The average Bonchev–Trinajstić information content (AvgIpc) is 2.47. The number of hydrogen-bond acceptors (Lipinski definition) is 4. The van der Waals surface area contributed by atoms with E-state index in [0.717, 1.165) is 31.9 Å². The predicted molar refractivity (Wildman–Crippen MR) is 76.2 cm³/mol. The maximum atomic E-state index is 12.7. The lowest BCUT2D eigenvalue weighted by molar-refractivity contribution is -0.129. The molecule has 1 aliphatic rings. The molecule has 1 amide bonds. The first-order valence-electron chi connectivity index (χ1n) is 6.67. The minimum Gasteiger partial charge on any atom is -0.314 e. The number of pyridine rings is 1. The number of hydrogen-bond donors (Lipinski definition) is 1. The third-order valence-electron chi connectivity index (χ3n) is 3.77. The molecule has 1 N–H and O–H groups in total. The fourth-order valence-electron chi connectivity index (χ4n) is 2.44. The summed E-state index contributed by atoms with van der Waals surface area (Å²) in [6.45, 7) is 7.67. The SMILES string of the molecule is CN(C(=O)C(C)(C)N1CCNCC1)c1cccnc1. The van der Waals surface area contributed by atoms with Crippen molar-refractivity contribution in [1.82, 2.24) is 15.2 Å². The minimum atomic E-state index is -0.493. The van der Waals surface area contributed by atoms with Crippen LogP contribution in [0.4, 0.5) is 5.69 Å². The molecule has 5 nitrogen and oxygen atoms in total. The highest BCUT2D eigenvalue weighted by Crippen LogP contribution is 2.21. The molecule has 19 heavy (non-hydrogen) atoms. The van der Waals surface area contributed by atoms with E-state index in [0.29, 0.717) is 0 Å². The first-order chi connectivity index (χ1) is 9.03. The van der Waals surface area contributed by atoms with Crippen LogP contribution < -0.4 is 10.2 Å². The van der Waals surface area contributed by atoms with Gasteiger partial charge in [0, 0.05) is 39.4 Å². The van der Waals surface area contributed by atoms with Crippen LogP contribution in [-0.2, 0) is 4.79 Å². The van der Waals surface area contributed by atoms with Crippen LogP contribution in [0.3, 0.4) is 0 Å². The highest BCUT2D eigenvalue weighted by Gasteiger charge is 2.37. The number of carbonyl (C=O) groups is 1. The van der Waals surface area contributed by atoms with Gasteiger partial charge in [0.25, 0.3) is 0 Å². The molecule has 0 aromatic carbocycles. The third-order valence-corrected chi connectivity index (χ3v) is 3.77. The number of nitrogens with one attached hydrogen (secondary N) is 1. The normalized spacial score (nSPS) is 17.2. The Bertz CT molecular complexity index is 426. The van der Waals surface area contributed by atoms with Gasteiger partial charge in [0.2, 0.25) is 5.91 Å². The second kappa shape index (κ2) is 5.67. The van der Waals surface area contributed by atoms with Gasteiger partial charge in [0.1, 0.15) is 0 Å². The van der Waals surface area contributed by atoms with Crippen molar-refractivity contribution < 1.29 is 4.79 Å². The Morgan fingerprint density at radius 3 is 2.68 bits per heavy atom. The third kappa shape index (κ3) is 2.93. The van der Waals surface area contributed by atoms with Gasteiger partial charge in [-0.05, 0) is 26.0 Å². The second-order valence-corrected chi connectivity index (χ2v) is 5.37. The molecule has 1 aliphatic heterocycles. The molecule has 0 spiro atoms. The summed E-state index contributed by atoms with van der Waals surface area (Å²) in [5.41, 5.74) is 0.336. The van der Waals surface area contributed by atoms with Crippen LogP contribution in [0, 0.1) is 0 Å². The summed E-state index contributed by atoms with van der Waals surface area (Å²) in [5, 5.41) is 3.31. The second-order valence-electron chi connectivity index (χ2n) is 5.37. The van der Waals surface area contributed by atoms with Crippen LogP contribution in [-0.4, -0.2) is 54.6 Å². The molecule has 0 atom stereocenters. The van der Waals surface area contributed by atoms with Crippen molar-refractivity contribution in [3.05, 3.63) is 24.5 Å². The fourth-order valence-corrected chi connectivity index (χ4v) is 2.44. The molecule has 0 bridgehead atoms.